The molecule has 110 valence electrons. The van der Waals surface area contributed by atoms with Gasteiger partial charge in [-0.1, -0.05) is 29.8 Å². The van der Waals surface area contributed by atoms with Crippen LogP contribution >= 0.6 is 0 Å². The van der Waals surface area contributed by atoms with Crippen LogP contribution in [-0.4, -0.2) is 55.9 Å². The molecule has 1 aromatic rings. The molecule has 1 saturated heterocycles. The van der Waals surface area contributed by atoms with Crippen molar-refractivity contribution >= 4 is 5.78 Å². The fourth-order valence-electron chi connectivity index (χ4n) is 2.83. The van der Waals surface area contributed by atoms with Crippen LogP contribution in [0.15, 0.2) is 24.3 Å². The van der Waals surface area contributed by atoms with Gasteiger partial charge >= 0.3 is 0 Å². The Morgan fingerprint density at radius 3 is 2.45 bits per heavy atom. The van der Waals surface area contributed by atoms with E-state index in [0.29, 0.717) is 6.54 Å². The molecule has 1 aromatic carbocycles. The SMILES string of the molecule is Cc1ccc(C(=O)CN(C)CC2CCN(C)CC2)cc1. The van der Waals surface area contributed by atoms with Gasteiger partial charge in [0.05, 0.1) is 6.54 Å². The van der Waals surface area contributed by atoms with Gasteiger partial charge in [0.2, 0.25) is 0 Å². The number of piperidine rings is 1. The van der Waals surface area contributed by atoms with Crippen LogP contribution in [0.1, 0.15) is 28.8 Å². The zero-order valence-corrected chi connectivity index (χ0v) is 12.9. The number of ketones is 1. The van der Waals surface area contributed by atoms with E-state index in [1.807, 2.05) is 31.2 Å². The molecule has 0 unspecified atom stereocenters. The summed E-state index contributed by atoms with van der Waals surface area (Å²) in [7, 11) is 4.24. The second-order valence-electron chi connectivity index (χ2n) is 6.23. The Morgan fingerprint density at radius 2 is 1.85 bits per heavy atom. The van der Waals surface area contributed by atoms with Gasteiger partial charge in [-0.2, -0.15) is 0 Å². The van der Waals surface area contributed by atoms with Crippen molar-refractivity contribution in [3.8, 4) is 0 Å². The number of Topliss-reactive ketones (excluding diaryl/α,β-unsaturated/α-hetero) is 1. The summed E-state index contributed by atoms with van der Waals surface area (Å²) in [6.07, 6.45) is 2.50. The molecule has 3 nitrogen and oxygen atoms in total. The summed E-state index contributed by atoms with van der Waals surface area (Å²) in [4.78, 5) is 16.8. The molecular formula is C17H26N2O. The molecule has 0 N–H and O–H groups in total. The van der Waals surface area contributed by atoms with E-state index in [9.17, 15) is 4.79 Å². The second kappa shape index (κ2) is 7.00. The van der Waals surface area contributed by atoms with E-state index in [2.05, 4.69) is 23.9 Å². The van der Waals surface area contributed by atoms with Crippen molar-refractivity contribution in [2.45, 2.75) is 19.8 Å². The first-order valence-electron chi connectivity index (χ1n) is 7.51. The minimum absolute atomic E-state index is 0.223. The molecule has 1 heterocycles. The predicted molar refractivity (Wildman–Crippen MR) is 83.2 cm³/mol. The zero-order chi connectivity index (χ0) is 14.5. The number of likely N-dealkylation sites (N-methyl/N-ethyl adjacent to an activating group) is 1. The Labute approximate surface area is 122 Å². The quantitative estimate of drug-likeness (QED) is 0.771. The number of rotatable bonds is 5. The summed E-state index contributed by atoms with van der Waals surface area (Å²) in [6, 6.07) is 7.87. The van der Waals surface area contributed by atoms with Crippen molar-refractivity contribution in [1.29, 1.82) is 0 Å². The standard InChI is InChI=1S/C17H26N2O/c1-14-4-6-16(7-5-14)17(20)13-19(3)12-15-8-10-18(2)11-9-15/h4-7,15H,8-13H2,1-3H3. The molecule has 0 saturated carbocycles. The van der Waals surface area contributed by atoms with Crippen molar-refractivity contribution in [2.24, 2.45) is 5.92 Å². The molecule has 0 atom stereocenters. The summed E-state index contributed by atoms with van der Waals surface area (Å²) >= 11 is 0. The van der Waals surface area contributed by atoms with Crippen molar-refractivity contribution in [3.05, 3.63) is 35.4 Å². The average Bonchev–Trinajstić information content (AvgIpc) is 2.42. The molecule has 0 amide bonds. The van der Waals surface area contributed by atoms with Crippen LogP contribution in [0.4, 0.5) is 0 Å². The fraction of sp³-hybridized carbons (Fsp3) is 0.588. The Bertz CT molecular complexity index is 433. The van der Waals surface area contributed by atoms with Gasteiger partial charge in [0.1, 0.15) is 0 Å². The van der Waals surface area contributed by atoms with Crippen LogP contribution in [0.3, 0.4) is 0 Å². The summed E-state index contributed by atoms with van der Waals surface area (Å²) in [5, 5.41) is 0. The lowest BCUT2D eigenvalue weighted by Crippen LogP contribution is -2.37. The van der Waals surface area contributed by atoms with Crippen LogP contribution in [0, 0.1) is 12.8 Å². The smallest absolute Gasteiger partial charge is 0.176 e. The Balaban J connectivity index is 1.80. The monoisotopic (exact) mass is 274 g/mol. The van der Waals surface area contributed by atoms with Gasteiger partial charge in [0.15, 0.2) is 5.78 Å². The maximum atomic E-state index is 12.2. The molecule has 1 fully saturated rings. The van der Waals surface area contributed by atoms with E-state index in [1.54, 1.807) is 0 Å². The zero-order valence-electron chi connectivity index (χ0n) is 12.9. The van der Waals surface area contributed by atoms with Crippen molar-refractivity contribution in [2.75, 3.05) is 40.3 Å². The molecule has 0 aromatic heterocycles. The molecular weight excluding hydrogens is 248 g/mol. The number of carbonyl (C=O) groups excluding carboxylic acids is 1. The third-order valence-corrected chi connectivity index (χ3v) is 4.20. The molecule has 0 spiro atoms. The van der Waals surface area contributed by atoms with Crippen LogP contribution in [0.25, 0.3) is 0 Å². The average molecular weight is 274 g/mol. The maximum Gasteiger partial charge on any atom is 0.176 e. The number of nitrogens with zero attached hydrogens (tertiary/aromatic N) is 2. The number of benzene rings is 1. The van der Waals surface area contributed by atoms with Crippen LogP contribution in [-0.2, 0) is 0 Å². The van der Waals surface area contributed by atoms with E-state index in [4.69, 9.17) is 0 Å². The van der Waals surface area contributed by atoms with Gasteiger partial charge in [-0.25, -0.2) is 0 Å². The van der Waals surface area contributed by atoms with Crippen molar-refractivity contribution in [1.82, 2.24) is 9.80 Å². The van der Waals surface area contributed by atoms with Gasteiger partial charge in [0.25, 0.3) is 0 Å². The predicted octanol–water partition coefficient (Wildman–Crippen LogP) is 2.45. The Kier molecular flexibility index (Phi) is 5.32. The fourth-order valence-corrected chi connectivity index (χ4v) is 2.83. The minimum atomic E-state index is 0.223. The first-order chi connectivity index (χ1) is 9.54. The number of hydrogen-bond donors (Lipinski definition) is 0. The third kappa shape index (κ3) is 4.43. The van der Waals surface area contributed by atoms with E-state index >= 15 is 0 Å². The van der Waals surface area contributed by atoms with Gasteiger partial charge < -0.3 is 4.90 Å². The lowest BCUT2D eigenvalue weighted by Gasteiger charge is -2.31. The maximum absolute atomic E-state index is 12.2. The van der Waals surface area contributed by atoms with E-state index in [0.717, 1.165) is 18.0 Å². The van der Waals surface area contributed by atoms with Crippen molar-refractivity contribution in [3.63, 3.8) is 0 Å². The third-order valence-electron chi connectivity index (χ3n) is 4.20. The molecule has 2 rings (SSSR count). The van der Waals surface area contributed by atoms with E-state index in [1.165, 1.54) is 31.5 Å². The first kappa shape index (κ1) is 15.2. The lowest BCUT2D eigenvalue weighted by atomic mass is 9.96. The summed E-state index contributed by atoms with van der Waals surface area (Å²) in [6.45, 7) is 5.97. The molecule has 3 heteroatoms. The Morgan fingerprint density at radius 1 is 1.25 bits per heavy atom. The summed E-state index contributed by atoms with van der Waals surface area (Å²) in [5.74, 6) is 0.961. The first-order valence-corrected chi connectivity index (χ1v) is 7.51. The summed E-state index contributed by atoms with van der Waals surface area (Å²) in [5.41, 5.74) is 2.02. The van der Waals surface area contributed by atoms with E-state index in [-0.39, 0.29) is 5.78 Å². The minimum Gasteiger partial charge on any atom is -0.306 e. The van der Waals surface area contributed by atoms with Gasteiger partial charge in [-0.15, -0.1) is 0 Å². The van der Waals surface area contributed by atoms with Gasteiger partial charge in [-0.05, 0) is 52.9 Å². The molecule has 0 bridgehead atoms. The lowest BCUT2D eigenvalue weighted by molar-refractivity contribution is 0.0925. The van der Waals surface area contributed by atoms with Crippen molar-refractivity contribution < 1.29 is 4.79 Å². The Hall–Kier alpha value is -1.19. The highest BCUT2D eigenvalue weighted by Crippen LogP contribution is 2.17. The molecule has 0 radical (unpaired) electrons. The van der Waals surface area contributed by atoms with Gasteiger partial charge in [0, 0.05) is 12.1 Å². The topological polar surface area (TPSA) is 23.6 Å². The van der Waals surface area contributed by atoms with E-state index < -0.39 is 0 Å². The van der Waals surface area contributed by atoms with Crippen LogP contribution < -0.4 is 0 Å². The number of hydrogen-bond acceptors (Lipinski definition) is 3. The molecule has 1 aliphatic heterocycles. The number of carbonyl (C=O) groups is 1. The molecule has 1 aliphatic rings. The van der Waals surface area contributed by atoms with Crippen LogP contribution in [0.5, 0.6) is 0 Å². The highest BCUT2D eigenvalue weighted by Gasteiger charge is 2.19. The highest BCUT2D eigenvalue weighted by molar-refractivity contribution is 5.97. The summed E-state index contributed by atoms with van der Waals surface area (Å²) < 4.78 is 0. The van der Waals surface area contributed by atoms with Crippen LogP contribution in [0.2, 0.25) is 0 Å². The second-order valence-corrected chi connectivity index (χ2v) is 6.23. The highest BCUT2D eigenvalue weighted by atomic mass is 16.1. The normalized spacial score (nSPS) is 17.6. The number of likely N-dealkylation sites (tertiary alicyclic amines) is 1. The molecule has 0 aliphatic carbocycles. The van der Waals surface area contributed by atoms with Gasteiger partial charge in [-0.3, -0.25) is 9.69 Å². The molecule has 20 heavy (non-hydrogen) atoms. The largest absolute Gasteiger partial charge is 0.306 e. The number of aryl methyl sites for hydroxylation is 1.